The number of aromatic nitrogens is 2. The molecule has 0 aliphatic carbocycles. The molecule has 4 nitrogen and oxygen atoms in total. The fourth-order valence-electron chi connectivity index (χ4n) is 2.87. The van der Waals surface area contributed by atoms with Crippen LogP contribution in [0, 0.1) is 6.92 Å². The molecule has 0 unspecified atom stereocenters. The Hall–Kier alpha value is -2.27. The van der Waals surface area contributed by atoms with Crippen LogP contribution in [-0.2, 0) is 6.54 Å². The van der Waals surface area contributed by atoms with Crippen molar-refractivity contribution in [3.8, 4) is 0 Å². The number of aryl methyl sites for hydroxylation is 1. The summed E-state index contributed by atoms with van der Waals surface area (Å²) < 4.78 is 1.83. The van der Waals surface area contributed by atoms with Crippen LogP contribution in [0.2, 0.25) is 0 Å². The average molecular weight is 340 g/mol. The average Bonchev–Trinajstić information content (AvgIpc) is 2.89. The predicted octanol–water partition coefficient (Wildman–Crippen LogP) is 4.59. The molecule has 1 N–H and O–H groups in total. The predicted molar refractivity (Wildman–Crippen MR) is 98.0 cm³/mol. The van der Waals surface area contributed by atoms with Gasteiger partial charge in [0.25, 0.3) is 0 Å². The second-order valence-corrected chi connectivity index (χ2v) is 6.77. The van der Waals surface area contributed by atoms with Gasteiger partial charge in [0.1, 0.15) is 0 Å². The Kier molecular flexibility index (Phi) is 4.90. The Bertz CT molecular complexity index is 881. The number of thioether (sulfide) groups is 1. The van der Waals surface area contributed by atoms with Crippen LogP contribution < -0.4 is 0 Å². The molecule has 0 amide bonds. The van der Waals surface area contributed by atoms with Gasteiger partial charge in [-0.1, -0.05) is 61.2 Å². The fourth-order valence-corrected chi connectivity index (χ4v) is 3.77. The van der Waals surface area contributed by atoms with Gasteiger partial charge >= 0.3 is 5.97 Å². The molecule has 0 atom stereocenters. The summed E-state index contributed by atoms with van der Waals surface area (Å²) in [6.45, 7) is 4.38. The summed E-state index contributed by atoms with van der Waals surface area (Å²) in [6.07, 6.45) is 1.02. The van der Waals surface area contributed by atoms with E-state index >= 15 is 0 Å². The third kappa shape index (κ3) is 3.17. The Morgan fingerprint density at radius 3 is 2.71 bits per heavy atom. The van der Waals surface area contributed by atoms with Gasteiger partial charge in [-0.15, -0.1) is 0 Å². The van der Waals surface area contributed by atoms with E-state index in [1.807, 2.05) is 22.8 Å². The van der Waals surface area contributed by atoms with E-state index in [2.05, 4.69) is 36.2 Å². The van der Waals surface area contributed by atoms with Crippen LogP contribution in [0.4, 0.5) is 0 Å². The number of nitrogens with zero attached hydrogens (tertiary/aromatic N) is 2. The summed E-state index contributed by atoms with van der Waals surface area (Å²) in [7, 11) is 0. The van der Waals surface area contributed by atoms with Crippen LogP contribution in [0.3, 0.4) is 0 Å². The number of aromatic carboxylic acids is 1. The van der Waals surface area contributed by atoms with Crippen LogP contribution in [0.5, 0.6) is 0 Å². The maximum Gasteiger partial charge on any atom is 0.354 e. The van der Waals surface area contributed by atoms with Gasteiger partial charge in [0.15, 0.2) is 10.9 Å². The molecule has 0 bridgehead atoms. The van der Waals surface area contributed by atoms with Crippen molar-refractivity contribution in [2.24, 2.45) is 0 Å². The summed E-state index contributed by atoms with van der Waals surface area (Å²) in [5, 5.41) is 12.7. The molecule has 3 rings (SSSR count). The topological polar surface area (TPSA) is 55.1 Å². The van der Waals surface area contributed by atoms with Crippen LogP contribution in [0.25, 0.3) is 10.8 Å². The lowest BCUT2D eigenvalue weighted by Crippen LogP contribution is -2.12. The summed E-state index contributed by atoms with van der Waals surface area (Å²) in [5.41, 5.74) is 1.95. The molecule has 3 aromatic rings. The van der Waals surface area contributed by atoms with Gasteiger partial charge in [0.05, 0.1) is 12.2 Å². The lowest BCUT2D eigenvalue weighted by Gasteiger charge is -2.12. The van der Waals surface area contributed by atoms with Gasteiger partial charge in [-0.25, -0.2) is 9.78 Å². The first-order valence-corrected chi connectivity index (χ1v) is 9.00. The molecule has 0 radical (unpaired) electrons. The molecule has 24 heavy (non-hydrogen) atoms. The smallest absolute Gasteiger partial charge is 0.354 e. The standard InChI is InChI=1S/C19H20N2O2S/c1-3-11-24-19-20-13(2)17(18(22)23)21(19)12-15-9-6-8-14-7-4-5-10-16(14)15/h4-10H,3,11-12H2,1-2H3,(H,22,23). The monoisotopic (exact) mass is 340 g/mol. The van der Waals surface area contributed by atoms with Gasteiger partial charge in [-0.3, -0.25) is 0 Å². The molecule has 1 heterocycles. The SMILES string of the molecule is CCCSc1nc(C)c(C(=O)O)n1Cc1cccc2ccccc12. The van der Waals surface area contributed by atoms with Crippen molar-refractivity contribution in [3.05, 3.63) is 59.4 Å². The molecular formula is C19H20N2O2S. The van der Waals surface area contributed by atoms with E-state index in [1.54, 1.807) is 18.7 Å². The second kappa shape index (κ2) is 7.09. The number of carboxylic acid groups (broad SMARTS) is 1. The highest BCUT2D eigenvalue weighted by atomic mass is 32.2. The first kappa shape index (κ1) is 16.6. The van der Waals surface area contributed by atoms with Gasteiger partial charge < -0.3 is 9.67 Å². The van der Waals surface area contributed by atoms with Crippen molar-refractivity contribution >= 4 is 28.5 Å². The van der Waals surface area contributed by atoms with E-state index in [4.69, 9.17) is 0 Å². The summed E-state index contributed by atoms with van der Waals surface area (Å²) in [6, 6.07) is 14.3. The van der Waals surface area contributed by atoms with Gasteiger partial charge in [0, 0.05) is 5.75 Å². The first-order valence-electron chi connectivity index (χ1n) is 8.01. The van der Waals surface area contributed by atoms with E-state index in [-0.39, 0.29) is 5.69 Å². The molecule has 0 spiro atoms. The van der Waals surface area contributed by atoms with Crippen molar-refractivity contribution in [2.75, 3.05) is 5.75 Å². The zero-order chi connectivity index (χ0) is 17.1. The highest BCUT2D eigenvalue weighted by molar-refractivity contribution is 7.99. The van der Waals surface area contributed by atoms with Gasteiger partial charge in [-0.05, 0) is 29.7 Å². The molecule has 0 saturated heterocycles. The Labute approximate surface area is 145 Å². The molecule has 0 saturated carbocycles. The lowest BCUT2D eigenvalue weighted by molar-refractivity contribution is 0.0684. The Morgan fingerprint density at radius 1 is 1.21 bits per heavy atom. The van der Waals surface area contributed by atoms with Crippen LogP contribution in [-0.4, -0.2) is 26.4 Å². The molecule has 0 fully saturated rings. The fraction of sp³-hybridized carbons (Fsp3) is 0.263. The summed E-state index contributed by atoms with van der Waals surface area (Å²) in [4.78, 5) is 16.2. The van der Waals surface area contributed by atoms with Crippen LogP contribution >= 0.6 is 11.8 Å². The third-order valence-electron chi connectivity index (χ3n) is 3.95. The van der Waals surface area contributed by atoms with Crippen molar-refractivity contribution in [1.82, 2.24) is 9.55 Å². The van der Waals surface area contributed by atoms with Crippen molar-refractivity contribution < 1.29 is 9.90 Å². The number of carboxylic acids is 1. The van der Waals surface area contributed by atoms with E-state index in [0.29, 0.717) is 12.2 Å². The largest absolute Gasteiger partial charge is 0.477 e. The highest BCUT2D eigenvalue weighted by Gasteiger charge is 2.20. The van der Waals surface area contributed by atoms with E-state index in [1.165, 1.54) is 0 Å². The van der Waals surface area contributed by atoms with Crippen LogP contribution in [0.1, 0.15) is 35.1 Å². The minimum atomic E-state index is -0.927. The minimum absolute atomic E-state index is 0.279. The molecule has 5 heteroatoms. The highest BCUT2D eigenvalue weighted by Crippen LogP contribution is 2.26. The van der Waals surface area contributed by atoms with Crippen molar-refractivity contribution in [3.63, 3.8) is 0 Å². The number of fused-ring (bicyclic) bond motifs is 1. The summed E-state index contributed by atoms with van der Waals surface area (Å²) >= 11 is 1.61. The normalized spacial score (nSPS) is 11.1. The van der Waals surface area contributed by atoms with E-state index in [9.17, 15) is 9.90 Å². The molecular weight excluding hydrogens is 320 g/mol. The maximum atomic E-state index is 11.7. The Balaban J connectivity index is 2.09. The first-order chi connectivity index (χ1) is 11.6. The molecule has 0 aliphatic heterocycles. The third-order valence-corrected chi connectivity index (χ3v) is 5.14. The second-order valence-electron chi connectivity index (χ2n) is 5.71. The molecule has 124 valence electrons. The molecule has 0 aliphatic rings. The quantitative estimate of drug-likeness (QED) is 0.667. The number of hydrogen-bond acceptors (Lipinski definition) is 3. The zero-order valence-electron chi connectivity index (χ0n) is 13.8. The number of imidazole rings is 1. The zero-order valence-corrected chi connectivity index (χ0v) is 14.6. The van der Waals surface area contributed by atoms with Crippen molar-refractivity contribution in [2.45, 2.75) is 32.0 Å². The number of rotatable bonds is 6. The Morgan fingerprint density at radius 2 is 1.96 bits per heavy atom. The summed E-state index contributed by atoms with van der Waals surface area (Å²) in [5.74, 6) is -0.00556. The lowest BCUT2D eigenvalue weighted by atomic mass is 10.0. The molecule has 2 aromatic carbocycles. The van der Waals surface area contributed by atoms with Gasteiger partial charge in [0.2, 0.25) is 0 Å². The number of benzene rings is 2. The van der Waals surface area contributed by atoms with Crippen LogP contribution in [0.15, 0.2) is 47.6 Å². The van der Waals surface area contributed by atoms with E-state index in [0.717, 1.165) is 33.7 Å². The van der Waals surface area contributed by atoms with Crippen molar-refractivity contribution in [1.29, 1.82) is 0 Å². The minimum Gasteiger partial charge on any atom is -0.477 e. The van der Waals surface area contributed by atoms with E-state index < -0.39 is 5.97 Å². The van der Waals surface area contributed by atoms with Gasteiger partial charge in [-0.2, -0.15) is 0 Å². The maximum absolute atomic E-state index is 11.7. The molecule has 1 aromatic heterocycles. The number of carbonyl (C=O) groups is 1. The number of hydrogen-bond donors (Lipinski definition) is 1.